The van der Waals surface area contributed by atoms with E-state index in [0.29, 0.717) is 37.8 Å². The summed E-state index contributed by atoms with van der Waals surface area (Å²) in [6.07, 6.45) is 9.37. The number of amides is 2. The number of carbonyl (C=O) groups is 2. The molecule has 3 heterocycles. The van der Waals surface area contributed by atoms with E-state index < -0.39 is 0 Å². The van der Waals surface area contributed by atoms with Crippen molar-refractivity contribution in [2.75, 3.05) is 18.4 Å². The van der Waals surface area contributed by atoms with Gasteiger partial charge in [0.05, 0.1) is 5.56 Å². The van der Waals surface area contributed by atoms with Gasteiger partial charge in [-0.05, 0) is 70.2 Å². The molecule has 0 bridgehead atoms. The average Bonchev–Trinajstić information content (AvgIpc) is 3.07. The first-order valence-corrected chi connectivity index (χ1v) is 11.6. The van der Waals surface area contributed by atoms with E-state index in [1.807, 2.05) is 24.0 Å². The van der Waals surface area contributed by atoms with Crippen LogP contribution in [0.25, 0.3) is 0 Å². The van der Waals surface area contributed by atoms with Crippen molar-refractivity contribution in [3.63, 3.8) is 0 Å². The Balaban J connectivity index is 1.38. The molecule has 2 fully saturated rings. The van der Waals surface area contributed by atoms with Crippen molar-refractivity contribution in [1.82, 2.24) is 14.5 Å². The summed E-state index contributed by atoms with van der Waals surface area (Å²) in [4.78, 5) is 32.1. The summed E-state index contributed by atoms with van der Waals surface area (Å²) < 4.78 is 2.39. The molecule has 2 amide bonds. The summed E-state index contributed by atoms with van der Waals surface area (Å²) in [7, 11) is 0. The number of carbonyl (C=O) groups excluding carboxylic acids is 2. The summed E-state index contributed by atoms with van der Waals surface area (Å²) >= 11 is 0. The fraction of sp³-hybridized carbons (Fsp3) is 0.560. The van der Waals surface area contributed by atoms with Crippen LogP contribution in [0.2, 0.25) is 0 Å². The topological polar surface area (TPSA) is 67.2 Å². The number of rotatable bonds is 4. The molecule has 1 N–H and O–H groups in total. The number of aromatic nitrogens is 2. The molecule has 4 rings (SSSR count). The zero-order valence-electron chi connectivity index (χ0n) is 19.0. The maximum absolute atomic E-state index is 13.3. The lowest BCUT2D eigenvalue weighted by Crippen LogP contribution is -2.41. The van der Waals surface area contributed by atoms with Crippen molar-refractivity contribution in [3.05, 3.63) is 46.9 Å². The average molecular weight is 423 g/mol. The van der Waals surface area contributed by atoms with Crippen LogP contribution in [0.4, 0.5) is 5.82 Å². The van der Waals surface area contributed by atoms with Crippen LogP contribution in [0.15, 0.2) is 24.4 Å². The first kappa shape index (κ1) is 21.6. The van der Waals surface area contributed by atoms with Crippen molar-refractivity contribution in [3.8, 4) is 0 Å². The molecule has 2 aliphatic rings. The number of likely N-dealkylation sites (tertiary alicyclic amines) is 1. The van der Waals surface area contributed by atoms with Crippen LogP contribution in [-0.4, -0.2) is 39.4 Å². The summed E-state index contributed by atoms with van der Waals surface area (Å²) in [5.74, 6) is 0.620. The Morgan fingerprint density at radius 1 is 1.00 bits per heavy atom. The van der Waals surface area contributed by atoms with Gasteiger partial charge in [-0.2, -0.15) is 0 Å². The Bertz CT molecular complexity index is 950. The monoisotopic (exact) mass is 422 g/mol. The number of piperidine rings is 1. The first-order chi connectivity index (χ1) is 14.9. The fourth-order valence-corrected chi connectivity index (χ4v) is 5.24. The minimum Gasteiger partial charge on any atom is -0.345 e. The zero-order valence-corrected chi connectivity index (χ0v) is 19.0. The lowest BCUT2D eigenvalue weighted by molar-refractivity contribution is -0.121. The highest BCUT2D eigenvalue weighted by atomic mass is 16.2. The highest BCUT2D eigenvalue weighted by molar-refractivity contribution is 5.96. The molecule has 1 saturated heterocycles. The molecule has 0 atom stereocenters. The normalized spacial score (nSPS) is 18.2. The minimum atomic E-state index is -0.0824. The smallest absolute Gasteiger partial charge is 0.255 e. The lowest BCUT2D eigenvalue weighted by atomic mass is 9.94. The van der Waals surface area contributed by atoms with E-state index in [9.17, 15) is 9.59 Å². The minimum absolute atomic E-state index is 0.000625. The second-order valence-corrected chi connectivity index (χ2v) is 9.22. The zero-order chi connectivity index (χ0) is 22.0. The van der Waals surface area contributed by atoms with Crippen LogP contribution < -0.4 is 5.32 Å². The van der Waals surface area contributed by atoms with Gasteiger partial charge in [-0.25, -0.2) is 4.98 Å². The Hall–Kier alpha value is -2.63. The molecule has 0 aromatic carbocycles. The second-order valence-electron chi connectivity index (χ2n) is 9.22. The molecule has 6 nitrogen and oxygen atoms in total. The molecule has 0 spiro atoms. The van der Waals surface area contributed by atoms with E-state index in [1.165, 1.54) is 37.8 Å². The van der Waals surface area contributed by atoms with Gasteiger partial charge in [0.2, 0.25) is 5.91 Å². The molecule has 2 aromatic heterocycles. The Kier molecular flexibility index (Phi) is 6.44. The van der Waals surface area contributed by atoms with Crippen molar-refractivity contribution >= 4 is 17.6 Å². The third kappa shape index (κ3) is 4.68. The van der Waals surface area contributed by atoms with Crippen LogP contribution in [0.5, 0.6) is 0 Å². The number of hydrogen-bond acceptors (Lipinski definition) is 3. The summed E-state index contributed by atoms with van der Waals surface area (Å²) in [6.45, 7) is 7.42. The molecule has 0 radical (unpaired) electrons. The number of anilines is 1. The van der Waals surface area contributed by atoms with Gasteiger partial charge in [0.25, 0.3) is 5.91 Å². The molecular formula is C25H34N4O2. The molecule has 2 aromatic rings. The quantitative estimate of drug-likeness (QED) is 0.769. The van der Waals surface area contributed by atoms with Gasteiger partial charge in [0.15, 0.2) is 0 Å². The molecule has 6 heteroatoms. The van der Waals surface area contributed by atoms with Gasteiger partial charge in [-0.3, -0.25) is 9.59 Å². The van der Waals surface area contributed by atoms with E-state index in [1.54, 1.807) is 6.20 Å². The van der Waals surface area contributed by atoms with E-state index in [0.717, 1.165) is 16.8 Å². The molecular weight excluding hydrogens is 388 g/mol. The van der Waals surface area contributed by atoms with Crippen LogP contribution in [-0.2, 0) is 4.79 Å². The third-order valence-electron chi connectivity index (χ3n) is 6.97. The molecule has 1 saturated carbocycles. The van der Waals surface area contributed by atoms with Gasteiger partial charge < -0.3 is 14.8 Å². The van der Waals surface area contributed by atoms with Crippen molar-refractivity contribution in [2.45, 2.75) is 71.8 Å². The SMILES string of the molecule is Cc1ccnc(NC(=O)C2CCN(C(=O)c3cc(C)n(C4CCCCC4)c3C)CC2)c1. The van der Waals surface area contributed by atoms with Gasteiger partial charge in [0.1, 0.15) is 5.82 Å². The summed E-state index contributed by atoms with van der Waals surface area (Å²) in [5, 5.41) is 2.93. The van der Waals surface area contributed by atoms with E-state index >= 15 is 0 Å². The molecule has 0 unspecified atom stereocenters. The molecule has 1 aliphatic heterocycles. The Morgan fingerprint density at radius 3 is 2.39 bits per heavy atom. The Labute approximate surface area is 185 Å². The number of nitrogens with zero attached hydrogens (tertiary/aromatic N) is 3. The predicted molar refractivity (Wildman–Crippen MR) is 122 cm³/mol. The predicted octanol–water partition coefficient (Wildman–Crippen LogP) is 4.80. The standard InChI is InChI=1S/C25H34N4O2/c1-17-9-12-26-23(15-17)27-24(30)20-10-13-28(14-11-20)25(31)22-16-18(2)29(19(22)3)21-7-5-4-6-8-21/h9,12,15-16,20-21H,4-8,10-11,13-14H2,1-3H3,(H,26,27,30). The van der Waals surface area contributed by atoms with Crippen molar-refractivity contribution in [1.29, 1.82) is 0 Å². The number of nitrogens with one attached hydrogen (secondary N) is 1. The van der Waals surface area contributed by atoms with Crippen LogP contribution in [0.1, 0.15) is 78.3 Å². The van der Waals surface area contributed by atoms with E-state index in [2.05, 4.69) is 34.8 Å². The van der Waals surface area contributed by atoms with Gasteiger partial charge in [-0.1, -0.05) is 19.3 Å². The highest BCUT2D eigenvalue weighted by Gasteiger charge is 2.30. The van der Waals surface area contributed by atoms with E-state index in [4.69, 9.17) is 0 Å². The largest absolute Gasteiger partial charge is 0.345 e. The fourth-order valence-electron chi connectivity index (χ4n) is 5.24. The molecule has 1 aliphatic carbocycles. The van der Waals surface area contributed by atoms with Crippen molar-refractivity contribution in [2.24, 2.45) is 5.92 Å². The van der Waals surface area contributed by atoms with Crippen LogP contribution in [0.3, 0.4) is 0 Å². The van der Waals surface area contributed by atoms with Gasteiger partial charge >= 0.3 is 0 Å². The highest BCUT2D eigenvalue weighted by Crippen LogP contribution is 2.33. The third-order valence-corrected chi connectivity index (χ3v) is 6.97. The number of aryl methyl sites for hydroxylation is 2. The maximum atomic E-state index is 13.3. The summed E-state index contributed by atoms with van der Waals surface area (Å²) in [6, 6.07) is 6.37. The second kappa shape index (κ2) is 9.25. The van der Waals surface area contributed by atoms with Crippen molar-refractivity contribution < 1.29 is 9.59 Å². The number of pyridine rings is 1. The van der Waals surface area contributed by atoms with Crippen LogP contribution in [0, 0.1) is 26.7 Å². The number of hydrogen-bond donors (Lipinski definition) is 1. The van der Waals surface area contributed by atoms with Crippen LogP contribution >= 0.6 is 0 Å². The lowest BCUT2D eigenvalue weighted by Gasteiger charge is -2.31. The molecule has 166 valence electrons. The first-order valence-electron chi connectivity index (χ1n) is 11.6. The molecule has 31 heavy (non-hydrogen) atoms. The Morgan fingerprint density at radius 2 is 1.71 bits per heavy atom. The van der Waals surface area contributed by atoms with E-state index in [-0.39, 0.29) is 17.7 Å². The maximum Gasteiger partial charge on any atom is 0.255 e. The van der Waals surface area contributed by atoms with Gasteiger partial charge in [0, 0.05) is 42.6 Å². The summed E-state index contributed by atoms with van der Waals surface area (Å²) in [5.41, 5.74) is 4.18. The van der Waals surface area contributed by atoms with Gasteiger partial charge in [-0.15, -0.1) is 0 Å².